The highest BCUT2D eigenvalue weighted by Crippen LogP contribution is 2.22. The average Bonchev–Trinajstić information content (AvgIpc) is 2.55. The second-order valence-corrected chi connectivity index (χ2v) is 6.27. The number of allylic oxidation sites excluding steroid dienone is 1. The number of hydrogen-bond donors (Lipinski definition) is 0. The minimum Gasteiger partial charge on any atom is -0.383 e. The third kappa shape index (κ3) is 10.5. The normalized spacial score (nSPS) is 11.0. The molecular weight excluding hydrogens is 363 g/mol. The number of ketones is 1. The molecule has 5 nitrogen and oxygen atoms in total. The lowest BCUT2D eigenvalue weighted by Crippen LogP contribution is -2.33. The monoisotopic (exact) mass is 390 g/mol. The molecule has 0 amide bonds. The molecule has 0 radical (unpaired) electrons. The van der Waals surface area contributed by atoms with Crippen LogP contribution >= 0.6 is 23.2 Å². The van der Waals surface area contributed by atoms with Crippen molar-refractivity contribution in [3.8, 4) is 0 Å². The van der Waals surface area contributed by atoms with Crippen LogP contribution in [0.4, 0.5) is 0 Å². The fourth-order valence-corrected chi connectivity index (χ4v) is 1.89. The van der Waals surface area contributed by atoms with Gasteiger partial charge in [0.1, 0.15) is 0 Å². The number of carbonyl (C=O) groups excluding carboxylic acids is 1. The summed E-state index contributed by atoms with van der Waals surface area (Å²) in [7, 11) is 7.54. The molecule has 0 aromatic heterocycles. The summed E-state index contributed by atoms with van der Waals surface area (Å²) < 4.78 is 10.5. The van der Waals surface area contributed by atoms with Crippen molar-refractivity contribution in [1.82, 2.24) is 9.80 Å². The van der Waals surface area contributed by atoms with Gasteiger partial charge < -0.3 is 14.4 Å². The van der Waals surface area contributed by atoms with Gasteiger partial charge in [-0.1, -0.05) is 23.2 Å². The van der Waals surface area contributed by atoms with Crippen LogP contribution in [0.15, 0.2) is 30.5 Å². The molecule has 0 N–H and O–H groups in total. The highest BCUT2D eigenvalue weighted by Gasteiger charge is 2.08. The SMILES string of the molecule is CCOC(OCC)N(C)C.CN(C)C=CC(=O)c1ccc(Cl)c(Cl)c1. The third-order valence-electron chi connectivity index (χ3n) is 2.77. The maximum atomic E-state index is 11.6. The number of benzene rings is 1. The van der Waals surface area contributed by atoms with Crippen molar-refractivity contribution in [3.63, 3.8) is 0 Å². The first-order valence-electron chi connectivity index (χ1n) is 7.96. The minimum absolute atomic E-state index is 0.0951. The van der Waals surface area contributed by atoms with E-state index < -0.39 is 0 Å². The van der Waals surface area contributed by atoms with E-state index in [4.69, 9.17) is 32.7 Å². The summed E-state index contributed by atoms with van der Waals surface area (Å²) in [5, 5.41) is 0.838. The number of hydrogen-bond acceptors (Lipinski definition) is 5. The predicted molar refractivity (Wildman–Crippen MR) is 104 cm³/mol. The van der Waals surface area contributed by atoms with Crippen LogP contribution < -0.4 is 0 Å². The number of carbonyl (C=O) groups is 1. The molecule has 7 heteroatoms. The van der Waals surface area contributed by atoms with Crippen molar-refractivity contribution in [1.29, 1.82) is 0 Å². The molecule has 1 aromatic carbocycles. The van der Waals surface area contributed by atoms with E-state index in [0.29, 0.717) is 28.8 Å². The van der Waals surface area contributed by atoms with Gasteiger partial charge in [-0.05, 0) is 46.1 Å². The smallest absolute Gasteiger partial charge is 0.218 e. The Morgan fingerprint density at radius 3 is 2.04 bits per heavy atom. The Bertz CT molecular complexity index is 543. The van der Waals surface area contributed by atoms with E-state index in [-0.39, 0.29) is 12.2 Å². The number of rotatable bonds is 8. The second-order valence-electron chi connectivity index (χ2n) is 5.45. The molecule has 25 heavy (non-hydrogen) atoms. The number of ether oxygens (including phenoxy) is 2. The Morgan fingerprint density at radius 1 is 1.08 bits per heavy atom. The molecule has 0 unspecified atom stereocenters. The number of halogens is 2. The van der Waals surface area contributed by atoms with Gasteiger partial charge in [0, 0.05) is 45.1 Å². The van der Waals surface area contributed by atoms with Crippen LogP contribution in [0.25, 0.3) is 0 Å². The summed E-state index contributed by atoms with van der Waals surface area (Å²) in [5.74, 6) is -0.0951. The van der Waals surface area contributed by atoms with E-state index >= 15 is 0 Å². The van der Waals surface area contributed by atoms with Crippen molar-refractivity contribution in [2.45, 2.75) is 20.3 Å². The second kappa shape index (κ2) is 13.1. The third-order valence-corrected chi connectivity index (χ3v) is 3.51. The lowest BCUT2D eigenvalue weighted by atomic mass is 10.1. The van der Waals surface area contributed by atoms with Crippen LogP contribution in [0.1, 0.15) is 24.2 Å². The molecular formula is C18H28Cl2N2O3. The van der Waals surface area contributed by atoms with Crippen molar-refractivity contribution >= 4 is 29.0 Å². The van der Waals surface area contributed by atoms with Crippen LogP contribution in [0.5, 0.6) is 0 Å². The van der Waals surface area contributed by atoms with Gasteiger partial charge in [0.25, 0.3) is 0 Å². The van der Waals surface area contributed by atoms with Crippen LogP contribution in [0.3, 0.4) is 0 Å². The molecule has 0 atom stereocenters. The zero-order valence-corrected chi connectivity index (χ0v) is 17.3. The molecule has 0 saturated heterocycles. The summed E-state index contributed by atoms with van der Waals surface area (Å²) in [6.45, 7) is 5.27. The molecule has 1 aromatic rings. The van der Waals surface area contributed by atoms with E-state index in [2.05, 4.69) is 0 Å². The topological polar surface area (TPSA) is 42.0 Å². The summed E-state index contributed by atoms with van der Waals surface area (Å²) in [6.07, 6.45) is 2.99. The highest BCUT2D eigenvalue weighted by molar-refractivity contribution is 6.42. The van der Waals surface area contributed by atoms with Gasteiger partial charge in [-0.3, -0.25) is 9.69 Å². The molecule has 0 aliphatic rings. The molecule has 0 aliphatic heterocycles. The maximum Gasteiger partial charge on any atom is 0.218 e. The zero-order valence-electron chi connectivity index (χ0n) is 15.8. The van der Waals surface area contributed by atoms with E-state index in [1.165, 1.54) is 6.08 Å². The molecule has 0 aliphatic carbocycles. The fraction of sp³-hybridized carbons (Fsp3) is 0.500. The van der Waals surface area contributed by atoms with Gasteiger partial charge in [-0.15, -0.1) is 0 Å². The van der Waals surface area contributed by atoms with Crippen molar-refractivity contribution < 1.29 is 14.3 Å². The van der Waals surface area contributed by atoms with E-state index in [1.54, 1.807) is 29.3 Å². The predicted octanol–water partition coefficient (Wildman–Crippen LogP) is 4.16. The number of nitrogens with zero attached hydrogens (tertiary/aromatic N) is 2. The standard InChI is InChI=1S/C11H11Cl2NO.C7H17NO2/c1-14(2)6-5-11(15)8-3-4-9(12)10(13)7-8;1-5-9-7(8(3)4)10-6-2/h3-7H,1-2H3;7H,5-6H2,1-4H3. The van der Waals surface area contributed by atoms with Crippen molar-refractivity contribution in [2.75, 3.05) is 41.4 Å². The van der Waals surface area contributed by atoms with Crippen LogP contribution in [-0.2, 0) is 9.47 Å². The fourth-order valence-electron chi connectivity index (χ4n) is 1.59. The Morgan fingerprint density at radius 2 is 1.64 bits per heavy atom. The van der Waals surface area contributed by atoms with E-state index in [1.807, 2.05) is 46.9 Å². The van der Waals surface area contributed by atoms with E-state index in [9.17, 15) is 4.79 Å². The maximum absolute atomic E-state index is 11.6. The van der Waals surface area contributed by atoms with Crippen molar-refractivity contribution in [2.24, 2.45) is 0 Å². The van der Waals surface area contributed by atoms with Gasteiger partial charge in [-0.25, -0.2) is 0 Å². The summed E-state index contributed by atoms with van der Waals surface area (Å²) in [5.41, 5.74) is 0.530. The van der Waals surface area contributed by atoms with Crippen LogP contribution in [0.2, 0.25) is 10.0 Å². The Labute approximate surface area is 161 Å². The molecule has 0 bridgehead atoms. The molecule has 142 valence electrons. The molecule has 0 heterocycles. The van der Waals surface area contributed by atoms with Gasteiger partial charge in [0.05, 0.1) is 10.0 Å². The molecule has 0 fully saturated rings. The van der Waals surface area contributed by atoms with E-state index in [0.717, 1.165) is 0 Å². The molecule has 1 rings (SSSR count). The summed E-state index contributed by atoms with van der Waals surface area (Å²) in [4.78, 5) is 15.3. The first-order chi connectivity index (χ1) is 11.7. The molecule has 0 spiro atoms. The quantitative estimate of drug-likeness (QED) is 0.378. The average molecular weight is 391 g/mol. The zero-order chi connectivity index (χ0) is 19.4. The van der Waals surface area contributed by atoms with Gasteiger partial charge in [-0.2, -0.15) is 0 Å². The van der Waals surface area contributed by atoms with Crippen molar-refractivity contribution in [3.05, 3.63) is 46.1 Å². The van der Waals surface area contributed by atoms with Crippen LogP contribution in [-0.4, -0.2) is 63.4 Å². The van der Waals surface area contributed by atoms with Gasteiger partial charge in [0.15, 0.2) is 5.78 Å². The largest absolute Gasteiger partial charge is 0.383 e. The van der Waals surface area contributed by atoms with Gasteiger partial charge >= 0.3 is 0 Å². The summed E-state index contributed by atoms with van der Waals surface area (Å²) >= 11 is 11.5. The lowest BCUT2D eigenvalue weighted by molar-refractivity contribution is -0.206. The summed E-state index contributed by atoms with van der Waals surface area (Å²) in [6, 6.07) is 4.82. The first-order valence-corrected chi connectivity index (χ1v) is 8.72. The van der Waals surface area contributed by atoms with Crippen LogP contribution in [0, 0.1) is 0 Å². The Balaban J connectivity index is 0.000000504. The lowest BCUT2D eigenvalue weighted by Gasteiger charge is -2.22. The minimum atomic E-state index is -0.185. The Hall–Kier alpha value is -1.11. The Kier molecular flexibility index (Phi) is 12.6. The molecule has 0 saturated carbocycles. The van der Waals surface area contributed by atoms with Gasteiger partial charge in [0.2, 0.25) is 6.41 Å². The highest BCUT2D eigenvalue weighted by atomic mass is 35.5. The first kappa shape index (κ1) is 23.9.